The number of rotatable bonds is 3. The van der Waals surface area contributed by atoms with Crippen molar-refractivity contribution in [2.45, 2.75) is 6.92 Å². The lowest BCUT2D eigenvalue weighted by atomic mass is 10.2. The molecule has 1 aromatic heterocycles. The smallest absolute Gasteiger partial charge is 0.321 e. The number of piperazine rings is 1. The van der Waals surface area contributed by atoms with E-state index in [-0.39, 0.29) is 6.03 Å². The van der Waals surface area contributed by atoms with E-state index in [0.29, 0.717) is 13.1 Å². The summed E-state index contributed by atoms with van der Waals surface area (Å²) in [6.07, 6.45) is 0. The summed E-state index contributed by atoms with van der Waals surface area (Å²) < 4.78 is 6.41. The minimum absolute atomic E-state index is 0.0805. The van der Waals surface area contributed by atoms with Gasteiger partial charge in [0.25, 0.3) is 0 Å². The van der Waals surface area contributed by atoms with Gasteiger partial charge in [-0.2, -0.15) is 0 Å². The van der Waals surface area contributed by atoms with Gasteiger partial charge in [-0.1, -0.05) is 29.5 Å². The summed E-state index contributed by atoms with van der Waals surface area (Å²) in [5, 5.41) is 3.98. The number of carbonyl (C=O) groups is 1. The average Bonchev–Trinajstić information content (AvgIpc) is 3.14. The van der Waals surface area contributed by atoms with Gasteiger partial charge in [-0.25, -0.2) is 9.78 Å². The van der Waals surface area contributed by atoms with Crippen molar-refractivity contribution >= 4 is 38.4 Å². The molecule has 0 spiro atoms. The third-order valence-electron chi connectivity index (χ3n) is 4.77. The fourth-order valence-corrected chi connectivity index (χ4v) is 4.31. The molecule has 0 unspecified atom stereocenters. The second kappa shape index (κ2) is 7.44. The number of nitrogens with zero attached hydrogens (tertiary/aromatic N) is 3. The third-order valence-corrected chi connectivity index (χ3v) is 5.85. The Balaban J connectivity index is 1.39. The molecule has 1 N–H and O–H groups in total. The van der Waals surface area contributed by atoms with Crippen LogP contribution in [-0.4, -0.2) is 49.2 Å². The Kier molecular flexibility index (Phi) is 4.85. The molecule has 140 valence electrons. The summed E-state index contributed by atoms with van der Waals surface area (Å²) in [6, 6.07) is 13.6. The lowest BCUT2D eigenvalue weighted by Crippen LogP contribution is -2.50. The Morgan fingerprint density at radius 2 is 1.93 bits per heavy atom. The SMILES string of the molecule is COc1cccc(NC(=O)N2CCN(c3nc4c(C)cccc4s3)CC2)c1. The summed E-state index contributed by atoms with van der Waals surface area (Å²) >= 11 is 1.72. The van der Waals surface area contributed by atoms with Gasteiger partial charge in [0.05, 0.1) is 17.3 Å². The number of methoxy groups -OCH3 is 1. The number of amides is 2. The highest BCUT2D eigenvalue weighted by Gasteiger charge is 2.23. The Hall–Kier alpha value is -2.80. The fraction of sp³-hybridized carbons (Fsp3) is 0.300. The zero-order chi connectivity index (χ0) is 18.8. The molecular formula is C20H22N4O2S. The van der Waals surface area contributed by atoms with Crippen LogP contribution in [0.3, 0.4) is 0 Å². The van der Waals surface area contributed by atoms with Crippen LogP contribution in [-0.2, 0) is 0 Å². The van der Waals surface area contributed by atoms with Gasteiger partial charge in [0.1, 0.15) is 5.75 Å². The van der Waals surface area contributed by atoms with Crippen LogP contribution < -0.4 is 15.0 Å². The fourth-order valence-electron chi connectivity index (χ4n) is 3.21. The molecule has 4 rings (SSSR count). The Morgan fingerprint density at radius 3 is 2.67 bits per heavy atom. The third kappa shape index (κ3) is 3.68. The first-order valence-corrected chi connectivity index (χ1v) is 9.77. The first-order valence-electron chi connectivity index (χ1n) is 8.95. The first kappa shape index (κ1) is 17.6. The molecule has 0 radical (unpaired) electrons. The number of anilines is 2. The summed E-state index contributed by atoms with van der Waals surface area (Å²) in [5.41, 5.74) is 3.02. The Morgan fingerprint density at radius 1 is 1.15 bits per heavy atom. The second-order valence-corrected chi connectivity index (χ2v) is 7.56. The second-order valence-electron chi connectivity index (χ2n) is 6.55. The van der Waals surface area contributed by atoms with Gasteiger partial charge in [-0.05, 0) is 30.7 Å². The van der Waals surface area contributed by atoms with Crippen LogP contribution in [0.5, 0.6) is 5.75 Å². The number of aryl methyl sites for hydroxylation is 1. The van der Waals surface area contributed by atoms with E-state index in [9.17, 15) is 4.79 Å². The number of fused-ring (bicyclic) bond motifs is 1. The van der Waals surface area contributed by atoms with Crippen molar-refractivity contribution in [1.29, 1.82) is 0 Å². The van der Waals surface area contributed by atoms with E-state index in [1.807, 2.05) is 29.2 Å². The van der Waals surface area contributed by atoms with Crippen molar-refractivity contribution in [3.8, 4) is 5.75 Å². The van der Waals surface area contributed by atoms with Crippen molar-refractivity contribution in [1.82, 2.24) is 9.88 Å². The number of para-hydroxylation sites is 1. The molecule has 0 saturated carbocycles. The van der Waals surface area contributed by atoms with Gasteiger partial charge < -0.3 is 19.9 Å². The van der Waals surface area contributed by atoms with Crippen molar-refractivity contribution in [2.75, 3.05) is 43.5 Å². The number of benzene rings is 2. The number of carbonyl (C=O) groups excluding carboxylic acids is 1. The predicted octanol–water partition coefficient (Wildman–Crippen LogP) is 3.97. The van der Waals surface area contributed by atoms with E-state index in [1.165, 1.54) is 10.3 Å². The number of nitrogens with one attached hydrogen (secondary N) is 1. The van der Waals surface area contributed by atoms with E-state index in [4.69, 9.17) is 9.72 Å². The number of thiazole rings is 1. The van der Waals surface area contributed by atoms with Crippen LogP contribution in [0.4, 0.5) is 15.6 Å². The molecule has 2 heterocycles. The van der Waals surface area contributed by atoms with Crippen molar-refractivity contribution in [3.05, 3.63) is 48.0 Å². The monoisotopic (exact) mass is 382 g/mol. The molecule has 0 aliphatic carbocycles. The van der Waals surface area contributed by atoms with Crippen LogP contribution >= 0.6 is 11.3 Å². The molecule has 1 aliphatic heterocycles. The maximum absolute atomic E-state index is 12.5. The van der Waals surface area contributed by atoms with Crippen LogP contribution in [0.1, 0.15) is 5.56 Å². The normalized spacial score (nSPS) is 14.4. The zero-order valence-corrected chi connectivity index (χ0v) is 16.3. The highest BCUT2D eigenvalue weighted by atomic mass is 32.1. The first-order chi connectivity index (χ1) is 13.1. The average molecular weight is 382 g/mol. The van der Waals surface area contributed by atoms with Crippen LogP contribution in [0.2, 0.25) is 0 Å². The topological polar surface area (TPSA) is 57.7 Å². The minimum Gasteiger partial charge on any atom is -0.497 e. The number of hydrogen-bond donors (Lipinski definition) is 1. The Labute approximate surface area is 162 Å². The van der Waals surface area contributed by atoms with Crippen molar-refractivity contribution in [2.24, 2.45) is 0 Å². The molecule has 1 aliphatic rings. The van der Waals surface area contributed by atoms with Gasteiger partial charge in [0, 0.05) is 37.9 Å². The predicted molar refractivity (Wildman–Crippen MR) is 110 cm³/mol. The maximum Gasteiger partial charge on any atom is 0.321 e. The van der Waals surface area contributed by atoms with Gasteiger partial charge in [-0.3, -0.25) is 0 Å². The molecule has 0 atom stereocenters. The molecule has 1 fully saturated rings. The summed E-state index contributed by atoms with van der Waals surface area (Å²) in [6.45, 7) is 5.00. The van der Waals surface area contributed by atoms with Crippen LogP contribution in [0, 0.1) is 6.92 Å². The summed E-state index contributed by atoms with van der Waals surface area (Å²) in [7, 11) is 1.61. The number of ether oxygens (including phenoxy) is 1. The van der Waals surface area contributed by atoms with Crippen LogP contribution in [0.25, 0.3) is 10.2 Å². The highest BCUT2D eigenvalue weighted by Crippen LogP contribution is 2.31. The molecule has 0 bridgehead atoms. The standard InChI is InChI=1S/C20H22N4O2S/c1-14-5-3-8-17-18(14)22-20(27-17)24-11-9-23(10-12-24)19(25)21-15-6-4-7-16(13-15)26-2/h3-8,13H,9-12H2,1-2H3,(H,21,25). The summed E-state index contributed by atoms with van der Waals surface area (Å²) in [4.78, 5) is 21.4. The lowest BCUT2D eigenvalue weighted by Gasteiger charge is -2.34. The lowest BCUT2D eigenvalue weighted by molar-refractivity contribution is 0.208. The summed E-state index contributed by atoms with van der Waals surface area (Å²) in [5.74, 6) is 0.726. The maximum atomic E-state index is 12.5. The molecule has 2 aromatic carbocycles. The molecule has 3 aromatic rings. The van der Waals surface area contributed by atoms with Gasteiger partial charge in [0.2, 0.25) is 0 Å². The Bertz CT molecular complexity index is 964. The van der Waals surface area contributed by atoms with E-state index in [2.05, 4.69) is 35.3 Å². The van der Waals surface area contributed by atoms with E-state index >= 15 is 0 Å². The molecule has 2 amide bonds. The van der Waals surface area contributed by atoms with E-state index < -0.39 is 0 Å². The van der Waals surface area contributed by atoms with E-state index in [1.54, 1.807) is 18.4 Å². The van der Waals surface area contributed by atoms with Crippen molar-refractivity contribution < 1.29 is 9.53 Å². The molecular weight excluding hydrogens is 360 g/mol. The van der Waals surface area contributed by atoms with Gasteiger partial charge in [0.15, 0.2) is 5.13 Å². The number of hydrogen-bond acceptors (Lipinski definition) is 5. The van der Waals surface area contributed by atoms with Gasteiger partial charge >= 0.3 is 6.03 Å². The minimum atomic E-state index is -0.0805. The molecule has 6 nitrogen and oxygen atoms in total. The van der Waals surface area contributed by atoms with E-state index in [0.717, 1.165) is 35.2 Å². The molecule has 7 heteroatoms. The zero-order valence-electron chi connectivity index (χ0n) is 15.4. The van der Waals surface area contributed by atoms with Crippen molar-refractivity contribution in [3.63, 3.8) is 0 Å². The highest BCUT2D eigenvalue weighted by molar-refractivity contribution is 7.22. The number of urea groups is 1. The van der Waals surface area contributed by atoms with Gasteiger partial charge in [-0.15, -0.1) is 0 Å². The van der Waals surface area contributed by atoms with Crippen LogP contribution in [0.15, 0.2) is 42.5 Å². The molecule has 27 heavy (non-hydrogen) atoms. The molecule has 1 saturated heterocycles. The largest absolute Gasteiger partial charge is 0.497 e. The number of aromatic nitrogens is 1. The quantitative estimate of drug-likeness (QED) is 0.745.